The molecule has 0 atom stereocenters. The van der Waals surface area contributed by atoms with Crippen LogP contribution in [0.4, 0.5) is 17.1 Å². The highest BCUT2D eigenvalue weighted by Crippen LogP contribution is 2.43. The summed E-state index contributed by atoms with van der Waals surface area (Å²) >= 11 is 0. The van der Waals surface area contributed by atoms with Gasteiger partial charge < -0.3 is 9.47 Å². The maximum absolute atomic E-state index is 2.40. The van der Waals surface area contributed by atoms with Crippen LogP contribution in [0.25, 0.3) is 71.6 Å². The molecule has 54 heavy (non-hydrogen) atoms. The number of fused-ring (bicyclic) bond motifs is 4. The van der Waals surface area contributed by atoms with Crippen molar-refractivity contribution in [3.05, 3.63) is 218 Å². The molecule has 0 fully saturated rings. The molecular weight excluding hydrogens is 653 g/mol. The molecule has 1 heterocycles. The Morgan fingerprint density at radius 2 is 0.852 bits per heavy atom. The van der Waals surface area contributed by atoms with Gasteiger partial charge in [0.25, 0.3) is 0 Å². The van der Waals surface area contributed by atoms with E-state index in [0.717, 1.165) is 28.3 Å². The van der Waals surface area contributed by atoms with Gasteiger partial charge >= 0.3 is 0 Å². The lowest BCUT2D eigenvalue weighted by Crippen LogP contribution is -2.09. The molecule has 254 valence electrons. The van der Waals surface area contributed by atoms with Crippen LogP contribution < -0.4 is 4.90 Å². The zero-order valence-corrected chi connectivity index (χ0v) is 29.7. The summed E-state index contributed by atoms with van der Waals surface area (Å²) < 4.78 is 2.40. The number of benzene rings is 9. The van der Waals surface area contributed by atoms with Gasteiger partial charge in [0.2, 0.25) is 0 Å². The highest BCUT2D eigenvalue weighted by atomic mass is 15.1. The number of para-hydroxylation sites is 4. The van der Waals surface area contributed by atoms with Gasteiger partial charge in [0.1, 0.15) is 0 Å². The Morgan fingerprint density at radius 1 is 0.296 bits per heavy atom. The zero-order chi connectivity index (χ0) is 35.8. The normalized spacial score (nSPS) is 11.3. The molecule has 0 amide bonds. The predicted octanol–water partition coefficient (Wildman–Crippen LogP) is 14.4. The molecule has 0 spiro atoms. The Kier molecular flexibility index (Phi) is 7.85. The van der Waals surface area contributed by atoms with Gasteiger partial charge in [-0.15, -0.1) is 0 Å². The summed E-state index contributed by atoms with van der Waals surface area (Å²) in [5.41, 5.74) is 14.0. The van der Waals surface area contributed by atoms with E-state index < -0.39 is 0 Å². The number of nitrogens with zero attached hydrogens (tertiary/aromatic N) is 2. The van der Waals surface area contributed by atoms with Crippen molar-refractivity contribution in [3.63, 3.8) is 0 Å². The molecule has 0 aliphatic carbocycles. The largest absolute Gasteiger partial charge is 0.310 e. The van der Waals surface area contributed by atoms with Gasteiger partial charge in [-0.3, -0.25) is 0 Å². The van der Waals surface area contributed by atoms with E-state index in [4.69, 9.17) is 0 Å². The minimum atomic E-state index is 1.11. The van der Waals surface area contributed by atoms with Crippen molar-refractivity contribution < 1.29 is 0 Å². The molecule has 9 aromatic carbocycles. The van der Waals surface area contributed by atoms with E-state index in [-0.39, 0.29) is 0 Å². The first kappa shape index (κ1) is 31.6. The van der Waals surface area contributed by atoms with Gasteiger partial charge in [-0.05, 0) is 111 Å². The van der Waals surface area contributed by atoms with E-state index in [0.29, 0.717) is 0 Å². The molecule has 0 bridgehead atoms. The first-order valence-electron chi connectivity index (χ1n) is 18.5. The van der Waals surface area contributed by atoms with Crippen LogP contribution >= 0.6 is 0 Å². The van der Waals surface area contributed by atoms with E-state index in [1.807, 2.05) is 0 Å². The lowest BCUT2D eigenvalue weighted by Gasteiger charge is -2.26. The Hall–Kier alpha value is -7.16. The molecule has 0 saturated carbocycles. The third-order valence-corrected chi connectivity index (χ3v) is 10.6. The molecule has 10 rings (SSSR count). The van der Waals surface area contributed by atoms with Gasteiger partial charge in [0, 0.05) is 33.5 Å². The molecule has 0 saturated heterocycles. The lowest BCUT2D eigenvalue weighted by atomic mass is 9.89. The number of anilines is 3. The summed E-state index contributed by atoms with van der Waals surface area (Å²) in [7, 11) is 0. The van der Waals surface area contributed by atoms with Crippen molar-refractivity contribution in [2.45, 2.75) is 0 Å². The SMILES string of the molecule is c1ccc(N(c2ccccc2)c2cccc(-c3ccc(-c4cccc5ccccc45)cc3-c3ccc4c5ccccc5n(-c5ccccc5)c4c3)c2)cc1. The van der Waals surface area contributed by atoms with Gasteiger partial charge in [0.15, 0.2) is 0 Å². The van der Waals surface area contributed by atoms with E-state index in [2.05, 4.69) is 228 Å². The van der Waals surface area contributed by atoms with Crippen LogP contribution in [-0.4, -0.2) is 4.57 Å². The van der Waals surface area contributed by atoms with Crippen LogP contribution in [0, 0.1) is 0 Å². The van der Waals surface area contributed by atoms with E-state index >= 15 is 0 Å². The summed E-state index contributed by atoms with van der Waals surface area (Å²) in [6.07, 6.45) is 0. The van der Waals surface area contributed by atoms with E-state index in [1.54, 1.807) is 0 Å². The third kappa shape index (κ3) is 5.53. The smallest absolute Gasteiger partial charge is 0.0547 e. The minimum absolute atomic E-state index is 1.11. The second-order valence-corrected chi connectivity index (χ2v) is 13.8. The number of hydrogen-bond acceptors (Lipinski definition) is 1. The van der Waals surface area contributed by atoms with Gasteiger partial charge in [-0.1, -0.05) is 152 Å². The zero-order valence-electron chi connectivity index (χ0n) is 29.7. The number of rotatable bonds is 7. The number of hydrogen-bond donors (Lipinski definition) is 0. The Morgan fingerprint density at radius 3 is 1.63 bits per heavy atom. The van der Waals surface area contributed by atoms with Crippen molar-refractivity contribution in [1.29, 1.82) is 0 Å². The monoisotopic (exact) mass is 688 g/mol. The Balaban J connectivity index is 1.21. The molecule has 1 aromatic heterocycles. The van der Waals surface area contributed by atoms with Crippen LogP contribution in [0.3, 0.4) is 0 Å². The molecular formula is C52H36N2. The number of aromatic nitrogens is 1. The summed E-state index contributed by atoms with van der Waals surface area (Å²) in [5, 5.41) is 4.99. The van der Waals surface area contributed by atoms with Gasteiger partial charge in [-0.25, -0.2) is 0 Å². The third-order valence-electron chi connectivity index (χ3n) is 10.6. The van der Waals surface area contributed by atoms with Crippen molar-refractivity contribution in [2.24, 2.45) is 0 Å². The van der Waals surface area contributed by atoms with Crippen LogP contribution in [0.1, 0.15) is 0 Å². The van der Waals surface area contributed by atoms with Crippen molar-refractivity contribution in [3.8, 4) is 39.1 Å². The standard InChI is InChI=1S/C52H36N2/c1-4-19-41(20-5-1)53(42-21-6-2-7-22-42)44-25-14-18-38(34-44)47-32-30-39(46-28-15-17-37-16-10-11-26-45(37)46)35-50(47)40-31-33-49-48-27-12-13-29-51(48)54(52(49)36-40)43-23-8-3-9-24-43/h1-36H. The Labute approximate surface area is 315 Å². The van der Waals surface area contributed by atoms with Crippen molar-refractivity contribution in [1.82, 2.24) is 4.57 Å². The molecule has 2 nitrogen and oxygen atoms in total. The topological polar surface area (TPSA) is 8.17 Å². The summed E-state index contributed by atoms with van der Waals surface area (Å²) in [6.45, 7) is 0. The fourth-order valence-electron chi connectivity index (χ4n) is 8.09. The van der Waals surface area contributed by atoms with Crippen LogP contribution in [0.2, 0.25) is 0 Å². The average molecular weight is 689 g/mol. The average Bonchev–Trinajstić information content (AvgIpc) is 3.58. The maximum atomic E-state index is 2.40. The van der Waals surface area contributed by atoms with Crippen molar-refractivity contribution >= 4 is 49.6 Å². The first-order valence-corrected chi connectivity index (χ1v) is 18.5. The molecule has 0 aliphatic heterocycles. The maximum Gasteiger partial charge on any atom is 0.0547 e. The van der Waals surface area contributed by atoms with E-state index in [1.165, 1.54) is 60.4 Å². The second-order valence-electron chi connectivity index (χ2n) is 13.8. The second kappa shape index (κ2) is 13.4. The summed E-state index contributed by atoms with van der Waals surface area (Å²) in [5.74, 6) is 0. The molecule has 10 aromatic rings. The quantitative estimate of drug-likeness (QED) is 0.162. The van der Waals surface area contributed by atoms with Crippen LogP contribution in [0.15, 0.2) is 218 Å². The van der Waals surface area contributed by atoms with E-state index in [9.17, 15) is 0 Å². The molecule has 2 heteroatoms. The molecule has 0 unspecified atom stereocenters. The summed E-state index contributed by atoms with van der Waals surface area (Å²) in [4.78, 5) is 2.33. The molecule has 0 radical (unpaired) electrons. The first-order chi connectivity index (χ1) is 26.8. The predicted molar refractivity (Wildman–Crippen MR) is 229 cm³/mol. The lowest BCUT2D eigenvalue weighted by molar-refractivity contribution is 1.18. The molecule has 0 N–H and O–H groups in total. The van der Waals surface area contributed by atoms with Crippen molar-refractivity contribution in [2.75, 3.05) is 4.90 Å². The van der Waals surface area contributed by atoms with Crippen LogP contribution in [-0.2, 0) is 0 Å². The fraction of sp³-hybridized carbons (Fsp3) is 0. The highest BCUT2D eigenvalue weighted by molar-refractivity contribution is 6.10. The minimum Gasteiger partial charge on any atom is -0.310 e. The van der Waals surface area contributed by atoms with Gasteiger partial charge in [0.05, 0.1) is 11.0 Å². The Bertz CT molecular complexity index is 2880. The highest BCUT2D eigenvalue weighted by Gasteiger charge is 2.18. The fourth-order valence-corrected chi connectivity index (χ4v) is 8.09. The van der Waals surface area contributed by atoms with Gasteiger partial charge in [-0.2, -0.15) is 0 Å². The van der Waals surface area contributed by atoms with Crippen LogP contribution in [0.5, 0.6) is 0 Å². The molecule has 0 aliphatic rings. The summed E-state index contributed by atoms with van der Waals surface area (Å²) in [6, 6.07) is 78.9.